The number of nitrogens with zero attached hydrogens (tertiary/aromatic N) is 1. The quantitative estimate of drug-likeness (QED) is 0.247. The number of carbonyl (C=O) groups excluding carboxylic acids is 6. The molecule has 5 N–H and O–H groups in total. The standard InChI is InChI=1S/C15H21N5O6/c1-9(21)10(3-2-6-17-15(16)26)19-11(22)7-18-12(23)8-20-13(24)4-5-14(20)25/h4-5,10H,2-3,6-8H2,1H3,(H,18,23)(H,19,22)(H3,16,17,26). The molecule has 0 saturated carbocycles. The fourth-order valence-electron chi connectivity index (χ4n) is 2.11. The minimum absolute atomic E-state index is 0.262. The molecule has 0 saturated heterocycles. The first-order valence-corrected chi connectivity index (χ1v) is 7.84. The van der Waals surface area contributed by atoms with Gasteiger partial charge >= 0.3 is 6.03 Å². The molecule has 11 nitrogen and oxygen atoms in total. The van der Waals surface area contributed by atoms with E-state index in [0.717, 1.165) is 17.1 Å². The van der Waals surface area contributed by atoms with Gasteiger partial charge in [-0.25, -0.2) is 4.79 Å². The molecule has 0 aliphatic carbocycles. The van der Waals surface area contributed by atoms with Crippen LogP contribution in [-0.2, 0) is 24.0 Å². The summed E-state index contributed by atoms with van der Waals surface area (Å²) in [5, 5.41) is 7.10. The zero-order valence-electron chi connectivity index (χ0n) is 14.2. The number of ketones is 1. The second kappa shape index (κ2) is 9.91. The minimum atomic E-state index is -0.764. The van der Waals surface area contributed by atoms with Crippen molar-refractivity contribution in [3.05, 3.63) is 12.2 Å². The number of rotatable bonds is 10. The van der Waals surface area contributed by atoms with E-state index in [-0.39, 0.29) is 18.7 Å². The Morgan fingerprint density at radius 3 is 2.23 bits per heavy atom. The topological polar surface area (TPSA) is 168 Å². The number of nitrogens with one attached hydrogen (secondary N) is 3. The molecule has 26 heavy (non-hydrogen) atoms. The molecule has 1 atom stereocenters. The first-order valence-electron chi connectivity index (χ1n) is 7.84. The third kappa shape index (κ3) is 7.11. The number of Topliss-reactive ketones (excluding diaryl/α,β-unsaturated/α-hetero) is 1. The Labute approximate surface area is 149 Å². The third-order valence-corrected chi connectivity index (χ3v) is 3.44. The Hall–Kier alpha value is -3.24. The monoisotopic (exact) mass is 367 g/mol. The fraction of sp³-hybridized carbons (Fsp3) is 0.467. The van der Waals surface area contributed by atoms with Gasteiger partial charge in [0.15, 0.2) is 5.78 Å². The zero-order chi connectivity index (χ0) is 19.7. The molecule has 0 aromatic rings. The average Bonchev–Trinajstić information content (AvgIpc) is 2.87. The summed E-state index contributed by atoms with van der Waals surface area (Å²) in [7, 11) is 0. The molecule has 0 bridgehead atoms. The van der Waals surface area contributed by atoms with Gasteiger partial charge < -0.3 is 21.7 Å². The molecule has 0 aromatic heterocycles. The molecule has 1 aliphatic rings. The minimum Gasteiger partial charge on any atom is -0.352 e. The lowest BCUT2D eigenvalue weighted by Gasteiger charge is -2.17. The van der Waals surface area contributed by atoms with Crippen LogP contribution in [0.4, 0.5) is 4.79 Å². The van der Waals surface area contributed by atoms with Crippen molar-refractivity contribution in [1.82, 2.24) is 20.9 Å². The van der Waals surface area contributed by atoms with Crippen molar-refractivity contribution in [3.8, 4) is 0 Å². The molecule has 0 spiro atoms. The molecular weight excluding hydrogens is 346 g/mol. The van der Waals surface area contributed by atoms with Gasteiger partial charge in [-0.15, -0.1) is 0 Å². The summed E-state index contributed by atoms with van der Waals surface area (Å²) < 4.78 is 0. The first kappa shape index (κ1) is 20.8. The highest BCUT2D eigenvalue weighted by molar-refractivity contribution is 6.14. The van der Waals surface area contributed by atoms with Crippen LogP contribution in [0, 0.1) is 0 Å². The highest BCUT2D eigenvalue weighted by atomic mass is 16.2. The lowest BCUT2D eigenvalue weighted by molar-refractivity contribution is -0.141. The zero-order valence-corrected chi connectivity index (χ0v) is 14.2. The Balaban J connectivity index is 2.34. The van der Waals surface area contributed by atoms with Crippen LogP contribution >= 0.6 is 0 Å². The molecule has 1 heterocycles. The molecule has 0 fully saturated rings. The van der Waals surface area contributed by atoms with Crippen molar-refractivity contribution in [2.24, 2.45) is 5.73 Å². The molecule has 6 amide bonds. The molecule has 1 aliphatic heterocycles. The normalized spacial score (nSPS) is 14.1. The summed E-state index contributed by atoms with van der Waals surface area (Å²) in [5.74, 6) is -2.76. The van der Waals surface area contributed by atoms with Crippen LogP contribution in [0.15, 0.2) is 12.2 Å². The van der Waals surface area contributed by atoms with E-state index in [0.29, 0.717) is 6.42 Å². The van der Waals surface area contributed by atoms with Gasteiger partial charge in [-0.1, -0.05) is 0 Å². The van der Waals surface area contributed by atoms with Crippen LogP contribution in [0.1, 0.15) is 19.8 Å². The van der Waals surface area contributed by atoms with Gasteiger partial charge in [0, 0.05) is 18.7 Å². The largest absolute Gasteiger partial charge is 0.352 e. The maximum atomic E-state index is 11.8. The molecule has 0 aromatic carbocycles. The van der Waals surface area contributed by atoms with Crippen LogP contribution in [-0.4, -0.2) is 66.0 Å². The number of carbonyl (C=O) groups is 6. The summed E-state index contributed by atoms with van der Waals surface area (Å²) in [4.78, 5) is 69.0. The van der Waals surface area contributed by atoms with Gasteiger partial charge in [-0.2, -0.15) is 0 Å². The Morgan fingerprint density at radius 1 is 1.08 bits per heavy atom. The molecule has 142 valence electrons. The summed E-state index contributed by atoms with van der Waals surface area (Å²) in [6, 6.07) is -1.44. The Kier molecular flexibility index (Phi) is 7.93. The third-order valence-electron chi connectivity index (χ3n) is 3.44. The molecule has 1 rings (SSSR count). The van der Waals surface area contributed by atoms with E-state index in [1.165, 1.54) is 6.92 Å². The number of hydrogen-bond donors (Lipinski definition) is 4. The highest BCUT2D eigenvalue weighted by Gasteiger charge is 2.25. The Morgan fingerprint density at radius 2 is 1.69 bits per heavy atom. The molecule has 0 radical (unpaired) electrons. The van der Waals surface area contributed by atoms with Crippen molar-refractivity contribution in [2.45, 2.75) is 25.8 Å². The predicted molar refractivity (Wildman–Crippen MR) is 88.3 cm³/mol. The van der Waals surface area contributed by atoms with Crippen LogP contribution in [0.3, 0.4) is 0 Å². The van der Waals surface area contributed by atoms with E-state index < -0.39 is 48.8 Å². The van der Waals surface area contributed by atoms with Crippen molar-refractivity contribution in [2.75, 3.05) is 19.6 Å². The lowest BCUT2D eigenvalue weighted by Crippen LogP contribution is -2.47. The van der Waals surface area contributed by atoms with E-state index in [2.05, 4.69) is 16.0 Å². The molecule has 11 heteroatoms. The first-order chi connectivity index (χ1) is 12.2. The number of imide groups is 1. The van der Waals surface area contributed by atoms with Gasteiger partial charge in [-0.3, -0.25) is 28.9 Å². The van der Waals surface area contributed by atoms with Gasteiger partial charge in [0.2, 0.25) is 11.8 Å². The van der Waals surface area contributed by atoms with Crippen molar-refractivity contribution in [1.29, 1.82) is 0 Å². The summed E-state index contributed by atoms with van der Waals surface area (Å²) in [6.07, 6.45) is 2.81. The SMILES string of the molecule is CC(=O)C(CCCNC(N)=O)NC(=O)CNC(=O)CN1C(=O)C=CC1=O. The maximum Gasteiger partial charge on any atom is 0.312 e. The maximum absolute atomic E-state index is 11.8. The second-order valence-electron chi connectivity index (χ2n) is 5.54. The van der Waals surface area contributed by atoms with Gasteiger partial charge in [0.05, 0.1) is 12.6 Å². The van der Waals surface area contributed by atoms with Crippen molar-refractivity contribution < 1.29 is 28.8 Å². The number of urea groups is 1. The van der Waals surface area contributed by atoms with Crippen molar-refractivity contribution >= 4 is 35.4 Å². The van der Waals surface area contributed by atoms with E-state index in [4.69, 9.17) is 5.73 Å². The smallest absolute Gasteiger partial charge is 0.312 e. The number of primary amides is 1. The van der Waals surface area contributed by atoms with E-state index >= 15 is 0 Å². The van der Waals surface area contributed by atoms with E-state index in [1.54, 1.807) is 0 Å². The van der Waals surface area contributed by atoms with E-state index in [9.17, 15) is 28.8 Å². The Bertz CT molecular complexity index is 626. The van der Waals surface area contributed by atoms with Gasteiger partial charge in [0.25, 0.3) is 11.8 Å². The molecular formula is C15H21N5O6. The summed E-state index contributed by atoms with van der Waals surface area (Å²) >= 11 is 0. The van der Waals surface area contributed by atoms with Gasteiger partial charge in [0.1, 0.15) is 6.54 Å². The van der Waals surface area contributed by atoms with E-state index in [1.807, 2.05) is 0 Å². The van der Waals surface area contributed by atoms with Crippen LogP contribution in [0.25, 0.3) is 0 Å². The second-order valence-corrected chi connectivity index (χ2v) is 5.54. The van der Waals surface area contributed by atoms with Crippen LogP contribution in [0.5, 0.6) is 0 Å². The predicted octanol–water partition coefficient (Wildman–Crippen LogP) is -2.45. The average molecular weight is 367 g/mol. The number of amides is 6. The van der Waals surface area contributed by atoms with Gasteiger partial charge in [-0.05, 0) is 19.8 Å². The lowest BCUT2D eigenvalue weighted by atomic mass is 10.1. The fourth-order valence-corrected chi connectivity index (χ4v) is 2.11. The van der Waals surface area contributed by atoms with Crippen LogP contribution < -0.4 is 21.7 Å². The summed E-state index contributed by atoms with van der Waals surface area (Å²) in [5.41, 5.74) is 4.92. The highest BCUT2D eigenvalue weighted by Crippen LogP contribution is 2.02. The van der Waals surface area contributed by atoms with Crippen LogP contribution in [0.2, 0.25) is 0 Å². The molecule has 1 unspecified atom stereocenters. The number of nitrogens with two attached hydrogens (primary N) is 1. The summed E-state index contributed by atoms with van der Waals surface area (Å²) in [6.45, 7) is 0.666. The number of hydrogen-bond acceptors (Lipinski definition) is 6. The van der Waals surface area contributed by atoms with Crippen molar-refractivity contribution in [3.63, 3.8) is 0 Å².